The van der Waals surface area contributed by atoms with Crippen LogP contribution < -0.4 is 15.8 Å². The maximum absolute atomic E-state index is 11.7. The van der Waals surface area contributed by atoms with Crippen LogP contribution in [0.5, 0.6) is 5.75 Å². The second kappa shape index (κ2) is 6.75. The number of carboxylic acid groups (broad SMARTS) is 1. The van der Waals surface area contributed by atoms with E-state index in [9.17, 15) is 9.59 Å². The average Bonchev–Trinajstić information content (AvgIpc) is 2.36. The number of aliphatic carboxylic acids is 1. The SMILES string of the molecule is CC(C)C(N)C(=O)Nc1ccc(OCC(=O)O)cc1. The molecule has 0 aliphatic carbocycles. The number of amides is 1. The Bertz CT molecular complexity index is 442. The van der Waals surface area contributed by atoms with Gasteiger partial charge in [0.1, 0.15) is 5.75 Å². The summed E-state index contributed by atoms with van der Waals surface area (Å²) in [4.78, 5) is 22.0. The van der Waals surface area contributed by atoms with E-state index in [1.807, 2.05) is 13.8 Å². The summed E-state index contributed by atoms with van der Waals surface area (Å²) in [7, 11) is 0. The van der Waals surface area contributed by atoms with Gasteiger partial charge >= 0.3 is 5.97 Å². The van der Waals surface area contributed by atoms with Crippen molar-refractivity contribution in [3.8, 4) is 5.75 Å². The number of carbonyl (C=O) groups is 2. The minimum Gasteiger partial charge on any atom is -0.482 e. The summed E-state index contributed by atoms with van der Waals surface area (Å²) in [5.74, 6) is -0.818. The summed E-state index contributed by atoms with van der Waals surface area (Å²) >= 11 is 0. The van der Waals surface area contributed by atoms with Gasteiger partial charge < -0.3 is 20.9 Å². The Labute approximate surface area is 111 Å². The number of carboxylic acids is 1. The predicted octanol–water partition coefficient (Wildman–Crippen LogP) is 1.07. The largest absolute Gasteiger partial charge is 0.482 e. The zero-order valence-corrected chi connectivity index (χ0v) is 10.9. The molecule has 0 aliphatic heterocycles. The van der Waals surface area contributed by atoms with Crippen LogP contribution in [0.1, 0.15) is 13.8 Å². The summed E-state index contributed by atoms with van der Waals surface area (Å²) in [6, 6.07) is 5.85. The lowest BCUT2D eigenvalue weighted by Crippen LogP contribution is -2.39. The molecule has 0 spiro atoms. The normalized spacial score (nSPS) is 12.0. The minimum absolute atomic E-state index is 0.0539. The van der Waals surface area contributed by atoms with Gasteiger partial charge in [0.25, 0.3) is 0 Å². The van der Waals surface area contributed by atoms with Crippen LogP contribution in [0.2, 0.25) is 0 Å². The van der Waals surface area contributed by atoms with Gasteiger partial charge in [-0.25, -0.2) is 4.79 Å². The van der Waals surface area contributed by atoms with E-state index < -0.39 is 18.6 Å². The van der Waals surface area contributed by atoms with E-state index in [1.54, 1.807) is 24.3 Å². The molecule has 0 fully saturated rings. The molecule has 0 saturated heterocycles. The Hall–Kier alpha value is -2.08. The third-order valence-corrected chi connectivity index (χ3v) is 2.51. The Kier molecular flexibility index (Phi) is 5.32. The molecule has 6 heteroatoms. The fourth-order valence-corrected chi connectivity index (χ4v) is 1.31. The van der Waals surface area contributed by atoms with Crippen molar-refractivity contribution < 1.29 is 19.4 Å². The number of nitrogens with two attached hydrogens (primary N) is 1. The van der Waals surface area contributed by atoms with Crippen molar-refractivity contribution in [3.63, 3.8) is 0 Å². The van der Waals surface area contributed by atoms with Crippen molar-refractivity contribution in [2.75, 3.05) is 11.9 Å². The molecular weight excluding hydrogens is 248 g/mol. The van der Waals surface area contributed by atoms with E-state index in [0.29, 0.717) is 11.4 Å². The first-order valence-electron chi connectivity index (χ1n) is 5.91. The molecule has 0 radical (unpaired) electrons. The summed E-state index contributed by atoms with van der Waals surface area (Å²) in [5.41, 5.74) is 6.30. The number of ether oxygens (including phenoxy) is 1. The third kappa shape index (κ3) is 4.97. The van der Waals surface area contributed by atoms with E-state index in [0.717, 1.165) is 0 Å². The van der Waals surface area contributed by atoms with Gasteiger partial charge in [-0.1, -0.05) is 13.8 Å². The van der Waals surface area contributed by atoms with Gasteiger partial charge in [0.2, 0.25) is 5.91 Å². The molecular formula is C13H18N2O4. The maximum Gasteiger partial charge on any atom is 0.341 e. The van der Waals surface area contributed by atoms with Crippen molar-refractivity contribution in [1.82, 2.24) is 0 Å². The smallest absolute Gasteiger partial charge is 0.341 e. The standard InChI is InChI=1S/C13H18N2O4/c1-8(2)12(14)13(18)15-9-3-5-10(6-4-9)19-7-11(16)17/h3-6,8,12H,7,14H2,1-2H3,(H,15,18)(H,16,17). The summed E-state index contributed by atoms with van der Waals surface area (Å²) in [6.07, 6.45) is 0. The van der Waals surface area contributed by atoms with Crippen molar-refractivity contribution in [1.29, 1.82) is 0 Å². The molecule has 19 heavy (non-hydrogen) atoms. The van der Waals surface area contributed by atoms with Crippen molar-refractivity contribution >= 4 is 17.6 Å². The van der Waals surface area contributed by atoms with Gasteiger partial charge in [-0.3, -0.25) is 4.79 Å². The van der Waals surface area contributed by atoms with E-state index in [2.05, 4.69) is 5.32 Å². The molecule has 1 unspecified atom stereocenters. The van der Waals surface area contributed by atoms with Crippen LogP contribution >= 0.6 is 0 Å². The molecule has 4 N–H and O–H groups in total. The first kappa shape index (κ1) is 15.0. The zero-order chi connectivity index (χ0) is 14.4. The topological polar surface area (TPSA) is 102 Å². The quantitative estimate of drug-likeness (QED) is 0.715. The lowest BCUT2D eigenvalue weighted by Gasteiger charge is -2.15. The Morgan fingerprint density at radius 1 is 1.32 bits per heavy atom. The highest BCUT2D eigenvalue weighted by molar-refractivity contribution is 5.94. The van der Waals surface area contributed by atoms with Gasteiger partial charge in [0.15, 0.2) is 6.61 Å². The van der Waals surface area contributed by atoms with E-state index in [-0.39, 0.29) is 11.8 Å². The average molecular weight is 266 g/mol. The van der Waals surface area contributed by atoms with Crippen molar-refractivity contribution in [3.05, 3.63) is 24.3 Å². The molecule has 1 aromatic rings. The molecule has 1 aromatic carbocycles. The first-order chi connectivity index (χ1) is 8.90. The molecule has 1 rings (SSSR count). The number of carbonyl (C=O) groups excluding carboxylic acids is 1. The zero-order valence-electron chi connectivity index (χ0n) is 10.9. The van der Waals surface area contributed by atoms with Crippen LogP contribution in [-0.4, -0.2) is 29.6 Å². The monoisotopic (exact) mass is 266 g/mol. The number of hydrogen-bond donors (Lipinski definition) is 3. The minimum atomic E-state index is -1.04. The predicted molar refractivity (Wildman–Crippen MR) is 71.0 cm³/mol. The van der Waals surface area contributed by atoms with E-state index in [4.69, 9.17) is 15.6 Å². The molecule has 0 heterocycles. The van der Waals surface area contributed by atoms with Crippen LogP contribution in [0.3, 0.4) is 0 Å². The highest BCUT2D eigenvalue weighted by atomic mass is 16.5. The van der Waals surface area contributed by atoms with Crippen LogP contribution in [0.4, 0.5) is 5.69 Å². The lowest BCUT2D eigenvalue weighted by atomic mass is 10.1. The number of rotatable bonds is 6. The maximum atomic E-state index is 11.7. The lowest BCUT2D eigenvalue weighted by molar-refractivity contribution is -0.139. The molecule has 0 aromatic heterocycles. The third-order valence-electron chi connectivity index (χ3n) is 2.51. The Morgan fingerprint density at radius 3 is 2.37 bits per heavy atom. The fraction of sp³-hybridized carbons (Fsp3) is 0.385. The van der Waals surface area contributed by atoms with Gasteiger partial charge in [0.05, 0.1) is 6.04 Å². The van der Waals surface area contributed by atoms with Gasteiger partial charge in [-0.15, -0.1) is 0 Å². The number of anilines is 1. The molecule has 104 valence electrons. The van der Waals surface area contributed by atoms with Crippen molar-refractivity contribution in [2.45, 2.75) is 19.9 Å². The molecule has 6 nitrogen and oxygen atoms in total. The van der Waals surface area contributed by atoms with Gasteiger partial charge in [-0.05, 0) is 30.2 Å². The van der Waals surface area contributed by atoms with Crippen LogP contribution in [0, 0.1) is 5.92 Å². The van der Waals surface area contributed by atoms with Gasteiger partial charge in [-0.2, -0.15) is 0 Å². The number of hydrogen-bond acceptors (Lipinski definition) is 4. The summed E-state index contributed by atoms with van der Waals surface area (Å²) < 4.78 is 4.98. The van der Waals surface area contributed by atoms with E-state index in [1.165, 1.54) is 0 Å². The molecule has 0 bridgehead atoms. The molecule has 0 aliphatic rings. The van der Waals surface area contributed by atoms with Gasteiger partial charge in [0, 0.05) is 5.69 Å². The van der Waals surface area contributed by atoms with E-state index >= 15 is 0 Å². The van der Waals surface area contributed by atoms with Crippen LogP contribution in [0.25, 0.3) is 0 Å². The summed E-state index contributed by atoms with van der Waals surface area (Å²) in [5, 5.41) is 11.1. The Morgan fingerprint density at radius 2 is 1.89 bits per heavy atom. The van der Waals surface area contributed by atoms with Crippen molar-refractivity contribution in [2.24, 2.45) is 11.7 Å². The second-order valence-electron chi connectivity index (χ2n) is 4.47. The van der Waals surface area contributed by atoms with Crippen LogP contribution in [-0.2, 0) is 9.59 Å². The number of benzene rings is 1. The number of nitrogens with one attached hydrogen (secondary N) is 1. The fourth-order valence-electron chi connectivity index (χ4n) is 1.31. The van der Waals surface area contributed by atoms with Crippen LogP contribution in [0.15, 0.2) is 24.3 Å². The second-order valence-corrected chi connectivity index (χ2v) is 4.47. The molecule has 0 saturated carbocycles. The Balaban J connectivity index is 2.57. The first-order valence-corrected chi connectivity index (χ1v) is 5.91. The highest BCUT2D eigenvalue weighted by Crippen LogP contribution is 2.16. The molecule has 1 atom stereocenters. The highest BCUT2D eigenvalue weighted by Gasteiger charge is 2.16. The molecule has 1 amide bonds. The summed E-state index contributed by atoms with van der Waals surface area (Å²) in [6.45, 7) is 3.34.